The third-order valence-corrected chi connectivity index (χ3v) is 3.63. The van der Waals surface area contributed by atoms with Crippen LogP contribution in [0.5, 0.6) is 5.75 Å². The molecular formula is C12H16Br2O. The molecule has 0 aliphatic carbocycles. The van der Waals surface area contributed by atoms with Gasteiger partial charge in [-0.3, -0.25) is 0 Å². The molecule has 84 valence electrons. The molecule has 0 saturated carbocycles. The third-order valence-electron chi connectivity index (χ3n) is 2.40. The second kappa shape index (κ2) is 6.54. The summed E-state index contributed by atoms with van der Waals surface area (Å²) >= 11 is 6.98. The lowest BCUT2D eigenvalue weighted by atomic mass is 10.1. The summed E-state index contributed by atoms with van der Waals surface area (Å²) in [6.07, 6.45) is 1.15. The van der Waals surface area contributed by atoms with E-state index in [2.05, 4.69) is 51.8 Å². The minimum absolute atomic E-state index is 0.597. The number of ether oxygens (including phenoxy) is 1. The largest absolute Gasteiger partial charge is 0.492 e. The van der Waals surface area contributed by atoms with E-state index in [0.29, 0.717) is 5.92 Å². The fourth-order valence-electron chi connectivity index (χ4n) is 1.16. The molecule has 15 heavy (non-hydrogen) atoms. The van der Waals surface area contributed by atoms with Crippen LogP contribution in [0.3, 0.4) is 0 Å². The number of hydrogen-bond donors (Lipinski definition) is 0. The van der Waals surface area contributed by atoms with Crippen molar-refractivity contribution in [2.45, 2.75) is 25.6 Å². The molecule has 1 nitrogen and oxygen atoms in total. The molecular weight excluding hydrogens is 320 g/mol. The average molecular weight is 336 g/mol. The summed E-state index contributed by atoms with van der Waals surface area (Å²) in [6.45, 7) is 5.16. The normalized spacial score (nSPS) is 12.5. The van der Waals surface area contributed by atoms with E-state index in [9.17, 15) is 0 Å². The van der Waals surface area contributed by atoms with Crippen LogP contribution in [-0.2, 0) is 5.33 Å². The highest BCUT2D eigenvalue weighted by atomic mass is 79.9. The lowest BCUT2D eigenvalue weighted by Gasteiger charge is -2.14. The van der Waals surface area contributed by atoms with Gasteiger partial charge in [-0.25, -0.2) is 0 Å². The van der Waals surface area contributed by atoms with Crippen LogP contribution >= 0.6 is 31.9 Å². The Balaban J connectivity index is 2.74. The highest BCUT2D eigenvalue weighted by Gasteiger charge is 2.08. The minimum atomic E-state index is 0.597. The van der Waals surface area contributed by atoms with Crippen molar-refractivity contribution in [2.75, 3.05) is 6.61 Å². The molecule has 0 aromatic heterocycles. The molecule has 0 spiro atoms. The highest BCUT2D eigenvalue weighted by Crippen LogP contribution is 2.30. The van der Waals surface area contributed by atoms with Crippen molar-refractivity contribution in [3.8, 4) is 5.75 Å². The van der Waals surface area contributed by atoms with Crippen LogP contribution in [0.15, 0.2) is 22.7 Å². The predicted molar refractivity (Wildman–Crippen MR) is 71.7 cm³/mol. The molecule has 0 saturated heterocycles. The Labute approximate surface area is 108 Å². The number of para-hydroxylation sites is 1. The first kappa shape index (κ1) is 13.0. The smallest absolute Gasteiger partial charge is 0.137 e. The van der Waals surface area contributed by atoms with Gasteiger partial charge in [0.1, 0.15) is 5.75 Å². The number of alkyl halides is 1. The molecule has 3 heteroatoms. The first-order chi connectivity index (χ1) is 7.19. The molecule has 0 aliphatic heterocycles. The molecule has 1 atom stereocenters. The molecule has 1 aromatic rings. The van der Waals surface area contributed by atoms with Gasteiger partial charge in [0.2, 0.25) is 0 Å². The van der Waals surface area contributed by atoms with E-state index in [1.165, 1.54) is 5.56 Å². The van der Waals surface area contributed by atoms with Gasteiger partial charge in [-0.2, -0.15) is 0 Å². The molecule has 0 aliphatic rings. The van der Waals surface area contributed by atoms with Crippen molar-refractivity contribution >= 4 is 31.9 Å². The van der Waals surface area contributed by atoms with Gasteiger partial charge in [-0.15, -0.1) is 0 Å². The van der Waals surface area contributed by atoms with Crippen molar-refractivity contribution in [3.05, 3.63) is 28.2 Å². The summed E-state index contributed by atoms with van der Waals surface area (Å²) in [4.78, 5) is 0. The number of halogens is 2. The van der Waals surface area contributed by atoms with Crippen molar-refractivity contribution in [1.82, 2.24) is 0 Å². The molecule has 0 radical (unpaired) electrons. The Morgan fingerprint density at radius 1 is 1.40 bits per heavy atom. The highest BCUT2D eigenvalue weighted by molar-refractivity contribution is 9.10. The van der Waals surface area contributed by atoms with Gasteiger partial charge in [-0.1, -0.05) is 48.3 Å². The van der Waals surface area contributed by atoms with Crippen molar-refractivity contribution < 1.29 is 4.74 Å². The Hall–Kier alpha value is -0.0200. The maximum Gasteiger partial charge on any atom is 0.137 e. The Bertz CT molecular complexity index is 312. The van der Waals surface area contributed by atoms with Crippen molar-refractivity contribution in [3.63, 3.8) is 0 Å². The zero-order chi connectivity index (χ0) is 11.3. The molecule has 1 unspecified atom stereocenters. The van der Waals surface area contributed by atoms with E-state index in [1.54, 1.807) is 0 Å². The number of rotatable bonds is 5. The third kappa shape index (κ3) is 3.80. The van der Waals surface area contributed by atoms with Gasteiger partial charge in [-0.05, 0) is 27.9 Å². The summed E-state index contributed by atoms with van der Waals surface area (Å²) in [5.41, 5.74) is 1.19. The van der Waals surface area contributed by atoms with E-state index in [0.717, 1.165) is 28.6 Å². The predicted octanol–water partition coefficient (Wildman–Crippen LogP) is 4.77. The quantitative estimate of drug-likeness (QED) is 0.704. The maximum atomic E-state index is 5.83. The van der Waals surface area contributed by atoms with Crippen LogP contribution in [0.25, 0.3) is 0 Å². The second-order valence-electron chi connectivity index (χ2n) is 3.69. The fraction of sp³-hybridized carbons (Fsp3) is 0.500. The van der Waals surface area contributed by atoms with Gasteiger partial charge < -0.3 is 4.74 Å². The van der Waals surface area contributed by atoms with Crippen LogP contribution in [0.2, 0.25) is 0 Å². The van der Waals surface area contributed by atoms with E-state index in [1.807, 2.05) is 12.1 Å². The standard InChI is InChI=1S/C12H16Br2O/c1-3-9(2)8-15-12-10(7-13)5-4-6-11(12)14/h4-6,9H,3,7-8H2,1-2H3. The maximum absolute atomic E-state index is 5.83. The van der Waals surface area contributed by atoms with Gasteiger partial charge in [0.15, 0.2) is 0 Å². The molecule has 0 heterocycles. The van der Waals surface area contributed by atoms with Crippen LogP contribution < -0.4 is 4.74 Å². The van der Waals surface area contributed by atoms with Gasteiger partial charge in [0.25, 0.3) is 0 Å². The minimum Gasteiger partial charge on any atom is -0.492 e. The first-order valence-corrected chi connectivity index (χ1v) is 7.06. The molecule has 0 amide bonds. The summed E-state index contributed by atoms with van der Waals surface area (Å²) in [7, 11) is 0. The summed E-state index contributed by atoms with van der Waals surface area (Å²) in [5.74, 6) is 1.56. The summed E-state index contributed by atoms with van der Waals surface area (Å²) in [5, 5.41) is 0.822. The van der Waals surface area contributed by atoms with E-state index in [4.69, 9.17) is 4.74 Å². The van der Waals surface area contributed by atoms with E-state index < -0.39 is 0 Å². The molecule has 0 bridgehead atoms. The Morgan fingerprint density at radius 2 is 2.13 bits per heavy atom. The lowest BCUT2D eigenvalue weighted by Crippen LogP contribution is -2.08. The number of hydrogen-bond acceptors (Lipinski definition) is 1. The summed E-state index contributed by atoms with van der Waals surface area (Å²) < 4.78 is 6.86. The molecule has 0 N–H and O–H groups in total. The second-order valence-corrected chi connectivity index (χ2v) is 5.10. The van der Waals surface area contributed by atoms with E-state index >= 15 is 0 Å². The SMILES string of the molecule is CCC(C)COc1c(Br)cccc1CBr. The monoisotopic (exact) mass is 334 g/mol. The Kier molecular flexibility index (Phi) is 5.69. The van der Waals surface area contributed by atoms with Crippen LogP contribution in [0, 0.1) is 5.92 Å². The molecule has 0 fully saturated rings. The summed E-state index contributed by atoms with van der Waals surface area (Å²) in [6, 6.07) is 6.11. The van der Waals surface area contributed by atoms with Gasteiger partial charge in [0, 0.05) is 10.9 Å². The Morgan fingerprint density at radius 3 is 2.73 bits per heavy atom. The zero-order valence-electron chi connectivity index (χ0n) is 9.09. The first-order valence-electron chi connectivity index (χ1n) is 5.15. The van der Waals surface area contributed by atoms with Crippen molar-refractivity contribution in [1.29, 1.82) is 0 Å². The van der Waals surface area contributed by atoms with E-state index in [-0.39, 0.29) is 0 Å². The van der Waals surface area contributed by atoms with Crippen LogP contribution in [-0.4, -0.2) is 6.61 Å². The topological polar surface area (TPSA) is 9.23 Å². The van der Waals surface area contributed by atoms with Crippen molar-refractivity contribution in [2.24, 2.45) is 5.92 Å². The van der Waals surface area contributed by atoms with Crippen LogP contribution in [0.1, 0.15) is 25.8 Å². The van der Waals surface area contributed by atoms with Gasteiger partial charge >= 0.3 is 0 Å². The van der Waals surface area contributed by atoms with Gasteiger partial charge in [0.05, 0.1) is 11.1 Å². The number of benzene rings is 1. The molecule has 1 aromatic carbocycles. The van der Waals surface area contributed by atoms with Crippen LogP contribution in [0.4, 0.5) is 0 Å². The zero-order valence-corrected chi connectivity index (χ0v) is 12.3. The average Bonchev–Trinajstić information content (AvgIpc) is 2.26. The fourth-order valence-corrected chi connectivity index (χ4v) is 2.13. The molecule has 1 rings (SSSR count). The lowest BCUT2D eigenvalue weighted by molar-refractivity contribution is 0.253.